The van der Waals surface area contributed by atoms with Crippen LogP contribution in [0.3, 0.4) is 0 Å². The van der Waals surface area contributed by atoms with E-state index in [0.717, 1.165) is 35.3 Å². The van der Waals surface area contributed by atoms with Gasteiger partial charge in [0.15, 0.2) is 0 Å². The van der Waals surface area contributed by atoms with Gasteiger partial charge in [0.2, 0.25) is 11.8 Å². The number of carbonyl (C=O) groups excluding carboxylic acids is 2. The molecule has 0 bridgehead atoms. The summed E-state index contributed by atoms with van der Waals surface area (Å²) in [5.74, 6) is 0.461. The third kappa shape index (κ3) is 8.15. The molecular weight excluding hydrogens is 460 g/mol. The quantitative estimate of drug-likeness (QED) is 0.342. The second-order valence-corrected chi connectivity index (χ2v) is 8.96. The Morgan fingerprint density at radius 2 is 1.66 bits per heavy atom. The molecule has 1 atom stereocenters. The van der Waals surface area contributed by atoms with Crippen molar-refractivity contribution in [1.82, 2.24) is 10.2 Å². The van der Waals surface area contributed by atoms with Crippen molar-refractivity contribution in [3.63, 3.8) is 0 Å². The van der Waals surface area contributed by atoms with Crippen LogP contribution >= 0.6 is 11.6 Å². The Morgan fingerprint density at radius 3 is 2.31 bits per heavy atom. The van der Waals surface area contributed by atoms with Crippen LogP contribution in [-0.2, 0) is 29.0 Å². The van der Waals surface area contributed by atoms with Crippen LogP contribution in [0, 0.1) is 0 Å². The average Bonchev–Trinajstić information content (AvgIpc) is 2.87. The van der Waals surface area contributed by atoms with Crippen LogP contribution in [0.4, 0.5) is 0 Å². The van der Waals surface area contributed by atoms with Crippen LogP contribution in [-0.4, -0.2) is 36.4 Å². The number of halogens is 1. The monoisotopic (exact) mass is 492 g/mol. The van der Waals surface area contributed by atoms with Gasteiger partial charge in [0.1, 0.15) is 11.8 Å². The van der Waals surface area contributed by atoms with Crippen molar-refractivity contribution < 1.29 is 14.3 Å². The highest BCUT2D eigenvalue weighted by Gasteiger charge is 2.30. The molecule has 5 nitrogen and oxygen atoms in total. The van der Waals surface area contributed by atoms with Crippen molar-refractivity contribution in [1.29, 1.82) is 0 Å². The first-order chi connectivity index (χ1) is 17.0. The van der Waals surface area contributed by atoms with Gasteiger partial charge in [-0.1, -0.05) is 79.5 Å². The van der Waals surface area contributed by atoms with E-state index in [4.69, 9.17) is 16.3 Å². The van der Waals surface area contributed by atoms with Gasteiger partial charge in [-0.05, 0) is 47.4 Å². The summed E-state index contributed by atoms with van der Waals surface area (Å²) in [4.78, 5) is 28.8. The number of ether oxygens (including phenoxy) is 1. The lowest BCUT2D eigenvalue weighted by molar-refractivity contribution is -0.140. The number of nitrogens with one attached hydrogen (secondary N) is 1. The Balaban J connectivity index is 1.92. The molecule has 0 saturated carbocycles. The molecule has 35 heavy (non-hydrogen) atoms. The maximum absolute atomic E-state index is 13.7. The van der Waals surface area contributed by atoms with Crippen LogP contribution < -0.4 is 10.1 Å². The predicted molar refractivity (Wildman–Crippen MR) is 141 cm³/mol. The van der Waals surface area contributed by atoms with Gasteiger partial charge in [0.05, 0.1) is 13.5 Å². The number of nitrogens with zero attached hydrogens (tertiary/aromatic N) is 1. The number of rotatable bonds is 12. The Bertz CT molecular complexity index is 1090. The predicted octanol–water partition coefficient (Wildman–Crippen LogP) is 5.45. The Kier molecular flexibility index (Phi) is 10.2. The maximum Gasteiger partial charge on any atom is 0.243 e. The van der Waals surface area contributed by atoms with Gasteiger partial charge in [0.25, 0.3) is 0 Å². The van der Waals surface area contributed by atoms with Crippen molar-refractivity contribution >= 4 is 23.4 Å². The number of unbranched alkanes of at least 4 members (excludes halogenated alkanes) is 1. The summed E-state index contributed by atoms with van der Waals surface area (Å²) in [5.41, 5.74) is 2.73. The van der Waals surface area contributed by atoms with E-state index in [9.17, 15) is 9.59 Å². The summed E-state index contributed by atoms with van der Waals surface area (Å²) < 4.78 is 5.23. The van der Waals surface area contributed by atoms with Gasteiger partial charge in [-0.15, -0.1) is 0 Å². The molecule has 3 aromatic carbocycles. The molecule has 3 rings (SSSR count). The smallest absolute Gasteiger partial charge is 0.243 e. The van der Waals surface area contributed by atoms with Gasteiger partial charge in [0, 0.05) is 24.5 Å². The molecule has 0 heterocycles. The van der Waals surface area contributed by atoms with Crippen molar-refractivity contribution in [3.8, 4) is 5.75 Å². The van der Waals surface area contributed by atoms with Crippen LogP contribution in [0.2, 0.25) is 5.02 Å². The number of benzene rings is 3. The Labute approximate surface area is 213 Å². The minimum Gasteiger partial charge on any atom is -0.497 e. The summed E-state index contributed by atoms with van der Waals surface area (Å²) >= 11 is 6.23. The molecule has 0 unspecified atom stereocenters. The number of carbonyl (C=O) groups is 2. The zero-order valence-corrected chi connectivity index (χ0v) is 21.1. The first-order valence-electron chi connectivity index (χ1n) is 12.0. The highest BCUT2D eigenvalue weighted by Crippen LogP contribution is 2.19. The van der Waals surface area contributed by atoms with Crippen molar-refractivity contribution in [2.75, 3.05) is 13.7 Å². The van der Waals surface area contributed by atoms with Crippen LogP contribution in [0.1, 0.15) is 36.5 Å². The minimum atomic E-state index is -0.654. The van der Waals surface area contributed by atoms with Gasteiger partial charge in [-0.3, -0.25) is 9.59 Å². The van der Waals surface area contributed by atoms with Gasteiger partial charge >= 0.3 is 0 Å². The molecule has 3 aromatic rings. The third-order valence-corrected chi connectivity index (χ3v) is 6.09. The van der Waals surface area contributed by atoms with Crippen LogP contribution in [0.5, 0.6) is 5.75 Å². The van der Waals surface area contributed by atoms with Gasteiger partial charge in [-0.2, -0.15) is 0 Å². The topological polar surface area (TPSA) is 58.6 Å². The number of hydrogen-bond donors (Lipinski definition) is 1. The molecule has 184 valence electrons. The number of methoxy groups -OCH3 is 1. The Morgan fingerprint density at radius 1 is 0.943 bits per heavy atom. The maximum atomic E-state index is 13.7. The van der Waals surface area contributed by atoms with E-state index in [0.29, 0.717) is 18.0 Å². The summed E-state index contributed by atoms with van der Waals surface area (Å²) in [6.07, 6.45) is 2.47. The minimum absolute atomic E-state index is 0.123. The molecule has 0 saturated heterocycles. The lowest BCUT2D eigenvalue weighted by Crippen LogP contribution is -2.51. The molecule has 1 N–H and O–H groups in total. The summed E-state index contributed by atoms with van der Waals surface area (Å²) in [5, 5.41) is 3.63. The second-order valence-electron chi connectivity index (χ2n) is 8.53. The number of hydrogen-bond acceptors (Lipinski definition) is 3. The van der Waals surface area contributed by atoms with Crippen molar-refractivity contribution in [3.05, 3.63) is 101 Å². The van der Waals surface area contributed by atoms with E-state index in [-0.39, 0.29) is 24.8 Å². The zero-order chi connectivity index (χ0) is 25.0. The van der Waals surface area contributed by atoms with Crippen LogP contribution in [0.15, 0.2) is 78.9 Å². The van der Waals surface area contributed by atoms with E-state index in [1.165, 1.54) is 0 Å². The molecule has 0 aliphatic heterocycles. The summed E-state index contributed by atoms with van der Waals surface area (Å²) in [7, 11) is 1.61. The first kappa shape index (κ1) is 26.3. The Hall–Kier alpha value is -3.31. The molecule has 0 fully saturated rings. The van der Waals surface area contributed by atoms with E-state index in [1.807, 2.05) is 72.8 Å². The summed E-state index contributed by atoms with van der Waals surface area (Å²) in [6, 6.07) is 24.0. The molecule has 0 aromatic heterocycles. The fourth-order valence-corrected chi connectivity index (χ4v) is 4.12. The van der Waals surface area contributed by atoms with E-state index < -0.39 is 6.04 Å². The fraction of sp³-hybridized carbons (Fsp3) is 0.310. The number of amides is 2. The molecule has 0 aliphatic carbocycles. The molecule has 6 heteroatoms. The average molecular weight is 493 g/mol. The lowest BCUT2D eigenvalue weighted by Gasteiger charge is -2.32. The molecule has 0 radical (unpaired) electrons. The summed E-state index contributed by atoms with van der Waals surface area (Å²) in [6.45, 7) is 2.95. The fourth-order valence-electron chi connectivity index (χ4n) is 3.91. The molecule has 0 spiro atoms. The molecular formula is C29H33ClN2O3. The largest absolute Gasteiger partial charge is 0.497 e. The normalized spacial score (nSPS) is 11.5. The van der Waals surface area contributed by atoms with Gasteiger partial charge in [-0.25, -0.2) is 0 Å². The third-order valence-electron chi connectivity index (χ3n) is 5.86. The first-order valence-corrected chi connectivity index (χ1v) is 12.4. The van der Waals surface area contributed by atoms with E-state index in [2.05, 4.69) is 12.2 Å². The SMILES string of the molecule is CCCCNC(=O)[C@@H](Cc1ccccc1)N(Cc1cccc(Cl)c1)C(=O)Cc1ccc(OC)cc1. The van der Waals surface area contributed by atoms with E-state index >= 15 is 0 Å². The zero-order valence-electron chi connectivity index (χ0n) is 20.4. The highest BCUT2D eigenvalue weighted by molar-refractivity contribution is 6.30. The second kappa shape index (κ2) is 13.5. The van der Waals surface area contributed by atoms with Crippen molar-refractivity contribution in [2.45, 2.75) is 45.2 Å². The van der Waals surface area contributed by atoms with Crippen LogP contribution in [0.25, 0.3) is 0 Å². The molecule has 2 amide bonds. The van der Waals surface area contributed by atoms with Crippen molar-refractivity contribution in [2.24, 2.45) is 0 Å². The van der Waals surface area contributed by atoms with E-state index in [1.54, 1.807) is 18.1 Å². The molecule has 0 aliphatic rings. The lowest BCUT2D eigenvalue weighted by atomic mass is 10.0. The van der Waals surface area contributed by atoms with Gasteiger partial charge < -0.3 is 15.0 Å². The highest BCUT2D eigenvalue weighted by atomic mass is 35.5. The standard InChI is InChI=1S/C29H33ClN2O3/c1-3-4-17-31-29(34)27(19-22-9-6-5-7-10-22)32(21-24-11-8-12-25(30)18-24)28(33)20-23-13-15-26(35-2)16-14-23/h5-16,18,27H,3-4,17,19-21H2,1-2H3,(H,31,34)/t27-/m1/s1.